The van der Waals surface area contributed by atoms with Gasteiger partial charge in [0.2, 0.25) is 0 Å². The average molecular weight is 235 g/mol. The van der Waals surface area contributed by atoms with E-state index in [1.165, 1.54) is 18.1 Å². The van der Waals surface area contributed by atoms with Gasteiger partial charge in [-0.2, -0.15) is 0 Å². The van der Waals surface area contributed by atoms with E-state index in [4.69, 9.17) is 10.5 Å². The Labute approximate surface area is 103 Å². The van der Waals surface area contributed by atoms with Crippen molar-refractivity contribution in [2.75, 3.05) is 6.54 Å². The van der Waals surface area contributed by atoms with Gasteiger partial charge in [0.1, 0.15) is 5.60 Å². The van der Waals surface area contributed by atoms with Crippen molar-refractivity contribution in [3.63, 3.8) is 0 Å². The van der Waals surface area contributed by atoms with Gasteiger partial charge >= 0.3 is 5.97 Å². The standard InChI is InChI=1S/C14H21NO2/c1-11(16)17-14(2,3)10-13-7-5-4-6-12(13)8-9-15/h4-7H,8-10,15H2,1-3H3. The third-order valence-electron chi connectivity index (χ3n) is 2.57. The summed E-state index contributed by atoms with van der Waals surface area (Å²) in [4.78, 5) is 11.0. The quantitative estimate of drug-likeness (QED) is 0.795. The summed E-state index contributed by atoms with van der Waals surface area (Å²) in [5.41, 5.74) is 7.54. The molecule has 2 N–H and O–H groups in total. The number of ether oxygens (including phenoxy) is 1. The summed E-state index contributed by atoms with van der Waals surface area (Å²) in [6.07, 6.45) is 1.56. The third kappa shape index (κ3) is 4.57. The van der Waals surface area contributed by atoms with Crippen molar-refractivity contribution >= 4 is 5.97 Å². The molecule has 0 heterocycles. The van der Waals surface area contributed by atoms with E-state index in [1.807, 2.05) is 26.0 Å². The van der Waals surface area contributed by atoms with E-state index < -0.39 is 5.60 Å². The number of carbonyl (C=O) groups excluding carboxylic acids is 1. The first-order chi connectivity index (χ1) is 7.94. The molecule has 0 unspecified atom stereocenters. The van der Waals surface area contributed by atoms with Crippen LogP contribution in [0.4, 0.5) is 0 Å². The van der Waals surface area contributed by atoms with Gasteiger partial charge in [0.15, 0.2) is 0 Å². The Balaban J connectivity index is 2.82. The maximum atomic E-state index is 11.0. The number of nitrogens with two attached hydrogens (primary N) is 1. The van der Waals surface area contributed by atoms with Gasteiger partial charge in [0.05, 0.1) is 0 Å². The summed E-state index contributed by atoms with van der Waals surface area (Å²) in [7, 11) is 0. The maximum absolute atomic E-state index is 11.0. The van der Waals surface area contributed by atoms with Gasteiger partial charge < -0.3 is 10.5 Å². The first kappa shape index (κ1) is 13.7. The lowest BCUT2D eigenvalue weighted by Gasteiger charge is -2.25. The van der Waals surface area contributed by atoms with Crippen LogP contribution in [0, 0.1) is 0 Å². The van der Waals surface area contributed by atoms with Crippen LogP contribution in [0.3, 0.4) is 0 Å². The molecule has 0 aliphatic heterocycles. The summed E-state index contributed by atoms with van der Waals surface area (Å²) in [6.45, 7) is 5.92. The Bertz CT molecular complexity index is 386. The molecular weight excluding hydrogens is 214 g/mol. The van der Waals surface area contributed by atoms with E-state index in [2.05, 4.69) is 12.1 Å². The lowest BCUT2D eigenvalue weighted by molar-refractivity contribution is -0.153. The molecule has 0 aliphatic rings. The molecule has 0 aliphatic carbocycles. The van der Waals surface area contributed by atoms with E-state index in [9.17, 15) is 4.79 Å². The molecular formula is C14H21NO2. The zero-order valence-electron chi connectivity index (χ0n) is 10.8. The number of benzene rings is 1. The molecule has 0 atom stereocenters. The predicted octanol–water partition coefficient (Wildman–Crippen LogP) is 2.07. The average Bonchev–Trinajstić information content (AvgIpc) is 2.18. The van der Waals surface area contributed by atoms with Gasteiger partial charge in [-0.05, 0) is 37.9 Å². The predicted molar refractivity (Wildman–Crippen MR) is 68.7 cm³/mol. The number of carbonyl (C=O) groups is 1. The molecule has 1 aromatic carbocycles. The minimum atomic E-state index is -0.476. The topological polar surface area (TPSA) is 52.3 Å². The normalized spacial score (nSPS) is 11.3. The van der Waals surface area contributed by atoms with Gasteiger partial charge in [0.25, 0.3) is 0 Å². The van der Waals surface area contributed by atoms with Gasteiger partial charge in [-0.3, -0.25) is 4.79 Å². The second-order valence-electron chi connectivity index (χ2n) is 4.84. The molecule has 0 fully saturated rings. The van der Waals surface area contributed by atoms with Crippen LogP contribution in [-0.2, 0) is 22.4 Å². The molecule has 1 aromatic rings. The second kappa shape index (κ2) is 5.82. The van der Waals surface area contributed by atoms with Crippen LogP contribution in [-0.4, -0.2) is 18.1 Å². The fraction of sp³-hybridized carbons (Fsp3) is 0.500. The summed E-state index contributed by atoms with van der Waals surface area (Å²) in [5, 5.41) is 0. The van der Waals surface area contributed by atoms with E-state index in [-0.39, 0.29) is 5.97 Å². The molecule has 3 nitrogen and oxygen atoms in total. The molecule has 1 rings (SSSR count). The third-order valence-corrected chi connectivity index (χ3v) is 2.57. The number of esters is 1. The fourth-order valence-corrected chi connectivity index (χ4v) is 2.01. The minimum absolute atomic E-state index is 0.244. The Hall–Kier alpha value is -1.35. The van der Waals surface area contributed by atoms with Crippen molar-refractivity contribution < 1.29 is 9.53 Å². The van der Waals surface area contributed by atoms with Crippen LogP contribution in [0.25, 0.3) is 0 Å². The fourth-order valence-electron chi connectivity index (χ4n) is 2.01. The molecule has 0 saturated heterocycles. The summed E-state index contributed by atoms with van der Waals surface area (Å²) >= 11 is 0. The van der Waals surface area contributed by atoms with Crippen molar-refractivity contribution in [2.24, 2.45) is 5.73 Å². The minimum Gasteiger partial charge on any atom is -0.460 e. The Kier molecular flexibility index (Phi) is 4.70. The molecule has 0 saturated carbocycles. The first-order valence-electron chi connectivity index (χ1n) is 5.91. The molecule has 94 valence electrons. The molecule has 0 amide bonds. The largest absolute Gasteiger partial charge is 0.460 e. The smallest absolute Gasteiger partial charge is 0.303 e. The monoisotopic (exact) mass is 235 g/mol. The zero-order chi connectivity index (χ0) is 12.9. The van der Waals surface area contributed by atoms with Crippen LogP contribution in [0.5, 0.6) is 0 Å². The van der Waals surface area contributed by atoms with Crippen LogP contribution in [0.15, 0.2) is 24.3 Å². The molecule has 0 spiro atoms. The van der Waals surface area contributed by atoms with E-state index in [1.54, 1.807) is 0 Å². The summed E-state index contributed by atoms with van der Waals surface area (Å²) in [5.74, 6) is -0.244. The molecule has 0 bridgehead atoms. The molecule has 0 radical (unpaired) electrons. The van der Waals surface area contributed by atoms with E-state index >= 15 is 0 Å². The lowest BCUT2D eigenvalue weighted by atomic mass is 9.93. The number of rotatable bonds is 5. The van der Waals surface area contributed by atoms with Crippen molar-refractivity contribution in [1.29, 1.82) is 0 Å². The van der Waals surface area contributed by atoms with Gasteiger partial charge in [-0.25, -0.2) is 0 Å². The van der Waals surface area contributed by atoms with Gasteiger partial charge in [-0.15, -0.1) is 0 Å². The molecule has 0 aromatic heterocycles. The van der Waals surface area contributed by atoms with Crippen molar-refractivity contribution in [1.82, 2.24) is 0 Å². The van der Waals surface area contributed by atoms with E-state index in [0.29, 0.717) is 13.0 Å². The van der Waals surface area contributed by atoms with Gasteiger partial charge in [-0.1, -0.05) is 24.3 Å². The van der Waals surface area contributed by atoms with Crippen molar-refractivity contribution in [3.8, 4) is 0 Å². The SMILES string of the molecule is CC(=O)OC(C)(C)Cc1ccccc1CCN. The number of hydrogen-bond donors (Lipinski definition) is 1. The van der Waals surface area contributed by atoms with E-state index in [0.717, 1.165) is 6.42 Å². The highest BCUT2D eigenvalue weighted by molar-refractivity contribution is 5.66. The van der Waals surface area contributed by atoms with Crippen LogP contribution < -0.4 is 5.73 Å². The van der Waals surface area contributed by atoms with Crippen molar-refractivity contribution in [3.05, 3.63) is 35.4 Å². The highest BCUT2D eigenvalue weighted by Gasteiger charge is 2.22. The highest BCUT2D eigenvalue weighted by Crippen LogP contribution is 2.20. The van der Waals surface area contributed by atoms with Crippen molar-refractivity contribution in [2.45, 2.75) is 39.2 Å². The molecule has 17 heavy (non-hydrogen) atoms. The highest BCUT2D eigenvalue weighted by atomic mass is 16.6. The Morgan fingerprint density at radius 1 is 1.29 bits per heavy atom. The van der Waals surface area contributed by atoms with Crippen LogP contribution in [0.1, 0.15) is 31.9 Å². The van der Waals surface area contributed by atoms with Crippen LogP contribution in [0.2, 0.25) is 0 Å². The lowest BCUT2D eigenvalue weighted by Crippen LogP contribution is -2.30. The number of hydrogen-bond acceptors (Lipinski definition) is 3. The Morgan fingerprint density at radius 3 is 2.41 bits per heavy atom. The summed E-state index contributed by atoms with van der Waals surface area (Å²) < 4.78 is 5.30. The van der Waals surface area contributed by atoms with Crippen LogP contribution >= 0.6 is 0 Å². The summed E-state index contributed by atoms with van der Waals surface area (Å²) in [6, 6.07) is 8.15. The maximum Gasteiger partial charge on any atom is 0.303 e. The first-order valence-corrected chi connectivity index (χ1v) is 5.91. The second-order valence-corrected chi connectivity index (χ2v) is 4.84. The van der Waals surface area contributed by atoms with Gasteiger partial charge in [0, 0.05) is 13.3 Å². The molecule has 3 heteroatoms. The Morgan fingerprint density at radius 2 is 1.88 bits per heavy atom. The zero-order valence-corrected chi connectivity index (χ0v) is 10.8.